The van der Waals surface area contributed by atoms with Gasteiger partial charge in [-0.15, -0.1) is 0 Å². The second-order valence-electron chi connectivity index (χ2n) is 6.26. The van der Waals surface area contributed by atoms with E-state index < -0.39 is 5.82 Å². The van der Waals surface area contributed by atoms with Gasteiger partial charge in [0.15, 0.2) is 0 Å². The summed E-state index contributed by atoms with van der Waals surface area (Å²) in [5, 5.41) is 2.68. The first-order valence-corrected chi connectivity index (χ1v) is 7.35. The van der Waals surface area contributed by atoms with E-state index in [4.69, 9.17) is 5.73 Å². The van der Waals surface area contributed by atoms with E-state index in [1.54, 1.807) is 0 Å². The molecule has 0 aromatic heterocycles. The highest BCUT2D eigenvalue weighted by Crippen LogP contribution is 2.19. The Balaban J connectivity index is 2.66. The topological polar surface area (TPSA) is 58.4 Å². The quantitative estimate of drug-likeness (QED) is 0.760. The molecule has 0 fully saturated rings. The number of hydrogen-bond acceptors (Lipinski definition) is 3. The van der Waals surface area contributed by atoms with Crippen LogP contribution in [-0.4, -0.2) is 30.4 Å². The van der Waals surface area contributed by atoms with Crippen molar-refractivity contribution in [1.82, 2.24) is 4.90 Å². The maximum Gasteiger partial charge on any atom is 0.238 e. The number of carbonyl (C=O) groups excluding carboxylic acids is 1. The van der Waals surface area contributed by atoms with Crippen LogP contribution < -0.4 is 11.1 Å². The van der Waals surface area contributed by atoms with E-state index in [1.807, 2.05) is 0 Å². The van der Waals surface area contributed by atoms with Crippen molar-refractivity contribution in [2.45, 2.75) is 27.7 Å². The second kappa shape index (κ2) is 7.98. The van der Waals surface area contributed by atoms with E-state index in [2.05, 4.69) is 37.9 Å². The lowest BCUT2D eigenvalue weighted by atomic mass is 10.1. The molecular formula is C16H26FN3O. The zero-order valence-corrected chi connectivity index (χ0v) is 13.3. The number of carbonyl (C=O) groups is 1. The third kappa shape index (κ3) is 6.58. The van der Waals surface area contributed by atoms with E-state index in [1.165, 1.54) is 18.2 Å². The highest BCUT2D eigenvalue weighted by molar-refractivity contribution is 5.95. The Morgan fingerprint density at radius 3 is 2.33 bits per heavy atom. The molecule has 0 aliphatic rings. The number of hydrogen-bond donors (Lipinski definition) is 2. The van der Waals surface area contributed by atoms with Crippen LogP contribution in [0.15, 0.2) is 18.2 Å². The predicted octanol–water partition coefficient (Wildman–Crippen LogP) is 2.96. The largest absolute Gasteiger partial charge is 0.397 e. The van der Waals surface area contributed by atoms with Crippen molar-refractivity contribution < 1.29 is 9.18 Å². The summed E-state index contributed by atoms with van der Waals surface area (Å²) in [6.45, 7) is 10.5. The Kier molecular flexibility index (Phi) is 6.62. The zero-order chi connectivity index (χ0) is 16.0. The van der Waals surface area contributed by atoms with Crippen molar-refractivity contribution >= 4 is 17.3 Å². The SMILES string of the molecule is CC(C)CN(CC(=O)Nc1cc(F)ccc1N)CC(C)C. The lowest BCUT2D eigenvalue weighted by Gasteiger charge is -2.25. The average molecular weight is 295 g/mol. The summed E-state index contributed by atoms with van der Waals surface area (Å²) in [4.78, 5) is 14.2. The molecule has 118 valence electrons. The summed E-state index contributed by atoms with van der Waals surface area (Å²) in [6, 6.07) is 3.96. The normalized spacial score (nSPS) is 11.4. The highest BCUT2D eigenvalue weighted by Gasteiger charge is 2.14. The van der Waals surface area contributed by atoms with Gasteiger partial charge in [0.2, 0.25) is 5.91 Å². The van der Waals surface area contributed by atoms with Gasteiger partial charge in [-0.3, -0.25) is 9.69 Å². The smallest absolute Gasteiger partial charge is 0.238 e. The molecule has 4 nitrogen and oxygen atoms in total. The predicted molar refractivity (Wildman–Crippen MR) is 85.6 cm³/mol. The van der Waals surface area contributed by atoms with Crippen LogP contribution in [0.5, 0.6) is 0 Å². The maximum atomic E-state index is 13.2. The van der Waals surface area contributed by atoms with Gasteiger partial charge in [0.1, 0.15) is 5.82 Å². The minimum atomic E-state index is -0.416. The molecule has 0 saturated carbocycles. The Hall–Kier alpha value is -1.62. The van der Waals surface area contributed by atoms with Crippen LogP contribution in [0.2, 0.25) is 0 Å². The van der Waals surface area contributed by atoms with Crippen LogP contribution >= 0.6 is 0 Å². The number of nitrogens with one attached hydrogen (secondary N) is 1. The fraction of sp³-hybridized carbons (Fsp3) is 0.562. The number of anilines is 2. The van der Waals surface area contributed by atoms with Crippen molar-refractivity contribution in [3.63, 3.8) is 0 Å². The molecule has 0 aliphatic carbocycles. The van der Waals surface area contributed by atoms with E-state index >= 15 is 0 Å². The van der Waals surface area contributed by atoms with E-state index in [0.717, 1.165) is 13.1 Å². The second-order valence-corrected chi connectivity index (χ2v) is 6.26. The Labute approximate surface area is 126 Å². The van der Waals surface area contributed by atoms with Crippen LogP contribution in [0, 0.1) is 17.7 Å². The summed E-state index contributed by atoms with van der Waals surface area (Å²) in [5.41, 5.74) is 6.43. The number of halogens is 1. The molecule has 21 heavy (non-hydrogen) atoms. The highest BCUT2D eigenvalue weighted by atomic mass is 19.1. The van der Waals surface area contributed by atoms with Crippen LogP contribution in [0.3, 0.4) is 0 Å². The minimum absolute atomic E-state index is 0.173. The molecule has 0 spiro atoms. The number of nitrogens with zero attached hydrogens (tertiary/aromatic N) is 1. The maximum absolute atomic E-state index is 13.2. The fourth-order valence-electron chi connectivity index (χ4n) is 2.27. The molecular weight excluding hydrogens is 269 g/mol. The van der Waals surface area contributed by atoms with Gasteiger partial charge in [0.25, 0.3) is 0 Å². The molecule has 0 saturated heterocycles. The average Bonchev–Trinajstić information content (AvgIpc) is 2.31. The minimum Gasteiger partial charge on any atom is -0.397 e. The molecule has 0 unspecified atom stereocenters. The third-order valence-corrected chi connectivity index (χ3v) is 2.90. The van der Waals surface area contributed by atoms with Gasteiger partial charge >= 0.3 is 0 Å². The van der Waals surface area contributed by atoms with Crippen LogP contribution in [-0.2, 0) is 4.79 Å². The summed E-state index contributed by atoms with van der Waals surface area (Å²) >= 11 is 0. The van der Waals surface area contributed by atoms with Gasteiger partial charge in [-0.1, -0.05) is 27.7 Å². The molecule has 1 rings (SSSR count). The Morgan fingerprint density at radius 1 is 1.24 bits per heavy atom. The molecule has 1 aromatic carbocycles. The molecule has 0 atom stereocenters. The molecule has 3 N–H and O–H groups in total. The van der Waals surface area contributed by atoms with Gasteiger partial charge in [-0.2, -0.15) is 0 Å². The number of benzene rings is 1. The van der Waals surface area contributed by atoms with Gasteiger partial charge in [0, 0.05) is 13.1 Å². The molecule has 0 heterocycles. The van der Waals surface area contributed by atoms with Gasteiger partial charge in [0.05, 0.1) is 17.9 Å². The summed E-state index contributed by atoms with van der Waals surface area (Å²) < 4.78 is 13.2. The number of amides is 1. The first kappa shape index (κ1) is 17.4. The number of rotatable bonds is 7. The lowest BCUT2D eigenvalue weighted by Crippen LogP contribution is -2.38. The van der Waals surface area contributed by atoms with Gasteiger partial charge in [-0.25, -0.2) is 4.39 Å². The fourth-order valence-corrected chi connectivity index (χ4v) is 2.27. The molecule has 5 heteroatoms. The third-order valence-electron chi connectivity index (χ3n) is 2.90. The van der Waals surface area contributed by atoms with Crippen LogP contribution in [0.1, 0.15) is 27.7 Å². The van der Waals surface area contributed by atoms with E-state index in [-0.39, 0.29) is 12.5 Å². The van der Waals surface area contributed by atoms with Gasteiger partial charge < -0.3 is 11.1 Å². The van der Waals surface area contributed by atoms with Crippen LogP contribution in [0.4, 0.5) is 15.8 Å². The van der Waals surface area contributed by atoms with E-state index in [9.17, 15) is 9.18 Å². The summed E-state index contributed by atoms with van der Waals surface area (Å²) in [6.07, 6.45) is 0. The standard InChI is InChI=1S/C16H26FN3O/c1-11(2)8-20(9-12(3)4)10-16(21)19-15-7-13(17)5-6-14(15)18/h5-7,11-12H,8-10,18H2,1-4H3,(H,19,21). The molecule has 1 amide bonds. The van der Waals surface area contributed by atoms with Crippen molar-refractivity contribution in [3.05, 3.63) is 24.0 Å². The Bertz CT molecular complexity index is 465. The molecule has 0 radical (unpaired) electrons. The first-order valence-electron chi connectivity index (χ1n) is 7.35. The van der Waals surface area contributed by atoms with Gasteiger partial charge in [-0.05, 0) is 30.0 Å². The lowest BCUT2D eigenvalue weighted by molar-refractivity contribution is -0.117. The first-order chi connectivity index (χ1) is 9.77. The zero-order valence-electron chi connectivity index (χ0n) is 13.3. The Morgan fingerprint density at radius 2 is 1.81 bits per heavy atom. The monoisotopic (exact) mass is 295 g/mol. The van der Waals surface area contributed by atoms with Crippen molar-refractivity contribution in [2.75, 3.05) is 30.7 Å². The van der Waals surface area contributed by atoms with Crippen molar-refractivity contribution in [1.29, 1.82) is 0 Å². The van der Waals surface area contributed by atoms with Crippen LogP contribution in [0.25, 0.3) is 0 Å². The van der Waals surface area contributed by atoms with Crippen molar-refractivity contribution in [3.8, 4) is 0 Å². The molecule has 0 aliphatic heterocycles. The van der Waals surface area contributed by atoms with Crippen molar-refractivity contribution in [2.24, 2.45) is 11.8 Å². The number of nitrogen functional groups attached to an aromatic ring is 1. The number of nitrogens with two attached hydrogens (primary N) is 1. The molecule has 1 aromatic rings. The molecule has 0 bridgehead atoms. The summed E-state index contributed by atoms with van der Waals surface area (Å²) in [7, 11) is 0. The summed E-state index contributed by atoms with van der Waals surface area (Å²) in [5.74, 6) is 0.376. The van der Waals surface area contributed by atoms with E-state index in [0.29, 0.717) is 23.2 Å².